The molecule has 2 rings (SSSR count). The van der Waals surface area contributed by atoms with Gasteiger partial charge in [-0.15, -0.1) is 4.99 Å². The van der Waals surface area contributed by atoms with Gasteiger partial charge < -0.3 is 20.1 Å². The number of nitrogens with one attached hydrogen (secondary N) is 1. The van der Waals surface area contributed by atoms with E-state index in [1.165, 1.54) is 32.0 Å². The van der Waals surface area contributed by atoms with Crippen LogP contribution in [0.4, 0.5) is 0 Å². The van der Waals surface area contributed by atoms with Crippen LogP contribution in [0.5, 0.6) is 0 Å². The number of rotatable bonds is 1. The molecular formula is C13H18KN3O2. The summed E-state index contributed by atoms with van der Waals surface area (Å²) in [7, 11) is 0. The molecule has 0 amide bonds. The Labute approximate surface area is 156 Å². The number of hydrogen-bond donors (Lipinski definition) is 1. The molecule has 0 aromatic carbocycles. The minimum Gasteiger partial charge on any atom is -0.541 e. The molecule has 2 aliphatic heterocycles. The second-order valence-electron chi connectivity index (χ2n) is 5.14. The smallest absolute Gasteiger partial charge is 0.541 e. The van der Waals surface area contributed by atoms with Gasteiger partial charge in [-0.2, -0.15) is 0 Å². The molecule has 1 N–H and O–H groups in total. The summed E-state index contributed by atoms with van der Waals surface area (Å²) < 4.78 is 0. The van der Waals surface area contributed by atoms with E-state index >= 15 is 0 Å². The maximum atomic E-state index is 10.1. The van der Waals surface area contributed by atoms with Crippen LogP contribution in [0.2, 0.25) is 0 Å². The third-order valence-electron chi connectivity index (χ3n) is 3.03. The van der Waals surface area contributed by atoms with Gasteiger partial charge in [-0.1, -0.05) is 26.5 Å². The predicted molar refractivity (Wildman–Crippen MR) is 67.6 cm³/mol. The Hall–Kier alpha value is -0.0336. The summed E-state index contributed by atoms with van der Waals surface area (Å²) in [4.78, 5) is 16.5. The van der Waals surface area contributed by atoms with Crippen molar-refractivity contribution in [3.05, 3.63) is 23.3 Å². The zero-order valence-electron chi connectivity index (χ0n) is 11.8. The van der Waals surface area contributed by atoms with Crippen molar-refractivity contribution in [2.24, 2.45) is 10.4 Å². The van der Waals surface area contributed by atoms with Crippen molar-refractivity contribution in [3.8, 4) is 0 Å². The van der Waals surface area contributed by atoms with Crippen molar-refractivity contribution in [2.45, 2.75) is 33.1 Å². The van der Waals surface area contributed by atoms with E-state index < -0.39 is 5.97 Å². The third-order valence-corrected chi connectivity index (χ3v) is 3.03. The van der Waals surface area contributed by atoms with Gasteiger partial charge in [0.05, 0.1) is 0 Å². The first-order valence-electron chi connectivity index (χ1n) is 6.02. The Kier molecular flexibility index (Phi) is 8.99. The number of hydrogen-bond acceptors (Lipinski definition) is 4. The van der Waals surface area contributed by atoms with Crippen LogP contribution < -0.4 is 61.8 Å². The minimum absolute atomic E-state index is 0. The molecule has 0 spiro atoms. The topological polar surface area (TPSA) is 68.9 Å². The molecule has 2 aliphatic rings. The fraction of sp³-hybridized carbons (Fsp3) is 0.615. The van der Waals surface area contributed by atoms with Crippen molar-refractivity contribution in [1.29, 1.82) is 0 Å². The Balaban J connectivity index is 0.000000331. The first kappa shape index (κ1) is 19.0. The zero-order valence-corrected chi connectivity index (χ0v) is 14.9. The second-order valence-corrected chi connectivity index (χ2v) is 5.14. The van der Waals surface area contributed by atoms with Gasteiger partial charge >= 0.3 is 51.4 Å². The van der Waals surface area contributed by atoms with Crippen molar-refractivity contribution in [3.63, 3.8) is 0 Å². The number of carbonyl (C=O) groups is 1. The molecule has 5 nitrogen and oxygen atoms in total. The van der Waals surface area contributed by atoms with E-state index in [1.807, 2.05) is 0 Å². The second kappa shape index (κ2) is 9.00. The Morgan fingerprint density at radius 3 is 2.32 bits per heavy atom. The molecule has 1 saturated heterocycles. The van der Waals surface area contributed by atoms with E-state index in [0.717, 1.165) is 0 Å². The first-order chi connectivity index (χ1) is 8.44. The molecule has 2 heterocycles. The molecule has 0 bridgehead atoms. The van der Waals surface area contributed by atoms with Gasteiger partial charge in [-0.05, 0) is 31.3 Å². The maximum Gasteiger partial charge on any atom is 1.00 e. The normalized spacial score (nSPS) is 19.8. The summed E-state index contributed by atoms with van der Waals surface area (Å²) >= 11 is 0. The maximum absolute atomic E-state index is 10.1. The molecule has 0 aromatic heterocycles. The largest absolute Gasteiger partial charge is 1.00 e. The van der Waals surface area contributed by atoms with Gasteiger partial charge in [0.1, 0.15) is 5.97 Å². The fourth-order valence-corrected chi connectivity index (χ4v) is 1.72. The molecule has 0 unspecified atom stereocenters. The van der Waals surface area contributed by atoms with Gasteiger partial charge in [-0.25, -0.2) is 0 Å². The summed E-state index contributed by atoms with van der Waals surface area (Å²) in [5.74, 6) is -1.16. The van der Waals surface area contributed by atoms with E-state index in [1.54, 1.807) is 0 Å². The van der Waals surface area contributed by atoms with E-state index in [2.05, 4.69) is 29.0 Å². The van der Waals surface area contributed by atoms with Crippen molar-refractivity contribution >= 4 is 11.7 Å². The Bertz CT molecular complexity index is 414. The van der Waals surface area contributed by atoms with E-state index in [4.69, 9.17) is 6.57 Å². The molecule has 19 heavy (non-hydrogen) atoms. The molecule has 0 atom stereocenters. The van der Waals surface area contributed by atoms with E-state index in [0.29, 0.717) is 5.41 Å². The molecular weight excluding hydrogens is 269 g/mol. The molecule has 1 fully saturated rings. The van der Waals surface area contributed by atoms with Crippen LogP contribution in [0.15, 0.2) is 16.9 Å². The number of aliphatic carboxylic acids is 1. The number of nitrogens with zero attached hydrogens (tertiary/aromatic N) is 2. The fourth-order valence-electron chi connectivity index (χ4n) is 1.72. The van der Waals surface area contributed by atoms with Crippen LogP contribution >= 0.6 is 0 Å². The van der Waals surface area contributed by atoms with Gasteiger partial charge in [0, 0.05) is 6.42 Å². The first-order valence-corrected chi connectivity index (χ1v) is 6.02. The average molecular weight is 287 g/mol. The number of carboxylic acid groups (broad SMARTS) is 1. The van der Waals surface area contributed by atoms with Gasteiger partial charge in [-0.3, -0.25) is 0 Å². The number of carboxylic acids is 1. The molecule has 98 valence electrons. The van der Waals surface area contributed by atoms with Gasteiger partial charge in [0.25, 0.3) is 5.82 Å². The van der Waals surface area contributed by atoms with Crippen LogP contribution in [0.3, 0.4) is 0 Å². The molecule has 6 heteroatoms. The van der Waals surface area contributed by atoms with Crippen LogP contribution in [-0.2, 0) is 4.79 Å². The Morgan fingerprint density at radius 2 is 2.05 bits per heavy atom. The number of allylic oxidation sites excluding steroid dienone is 1. The van der Waals surface area contributed by atoms with Crippen molar-refractivity contribution in [1.82, 2.24) is 5.32 Å². The quantitative estimate of drug-likeness (QED) is 0.437. The van der Waals surface area contributed by atoms with Crippen LogP contribution in [0, 0.1) is 12.0 Å². The van der Waals surface area contributed by atoms with Gasteiger partial charge in [0.2, 0.25) is 0 Å². The summed E-state index contributed by atoms with van der Waals surface area (Å²) in [6.07, 6.45) is 4.35. The summed E-state index contributed by atoms with van der Waals surface area (Å²) in [6.45, 7) is 13.6. The molecule has 0 aliphatic carbocycles. The monoisotopic (exact) mass is 287 g/mol. The molecule has 0 saturated carbocycles. The molecule has 0 aromatic rings. The third kappa shape index (κ3) is 7.35. The zero-order chi connectivity index (χ0) is 13.6. The number of piperidine rings is 1. The molecule has 0 radical (unpaired) electrons. The van der Waals surface area contributed by atoms with Gasteiger partial charge in [0.15, 0.2) is 5.71 Å². The summed E-state index contributed by atoms with van der Waals surface area (Å²) in [5.41, 5.74) is 0.552. The van der Waals surface area contributed by atoms with Crippen LogP contribution in [0.25, 0.3) is 4.85 Å². The van der Waals surface area contributed by atoms with E-state index in [-0.39, 0.29) is 69.3 Å². The Morgan fingerprint density at radius 1 is 1.47 bits per heavy atom. The predicted octanol–water partition coefficient (Wildman–Crippen LogP) is -2.26. The van der Waals surface area contributed by atoms with E-state index in [9.17, 15) is 9.90 Å². The number of carbonyl (C=O) groups excluding carboxylic acids is 1. The van der Waals surface area contributed by atoms with Crippen LogP contribution in [-0.4, -0.2) is 24.8 Å². The SMILES string of the molecule is CC1(C)CCNCC1.[C-]#[N+]C1=CCC(C(=O)[O-])=N1.[K+]. The van der Waals surface area contributed by atoms with Crippen molar-refractivity contribution < 1.29 is 61.3 Å². The average Bonchev–Trinajstić information content (AvgIpc) is 2.78. The van der Waals surface area contributed by atoms with Crippen molar-refractivity contribution in [2.75, 3.05) is 13.1 Å². The minimum atomic E-state index is -1.30. The summed E-state index contributed by atoms with van der Waals surface area (Å²) in [5, 5.41) is 13.4. The summed E-state index contributed by atoms with van der Waals surface area (Å²) in [6, 6.07) is 0. The van der Waals surface area contributed by atoms with Crippen LogP contribution in [0.1, 0.15) is 33.1 Å². The standard InChI is InChI=1S/C7H15N.C6H4N2O2.K/c1-7(2)3-5-8-6-4-7;1-7-5-3-2-4(8-5)6(9)10;/h8H,3-6H2,1-2H3;3H,2H2,(H,9,10);/q;;+1/p-1. The number of aliphatic imine (C=N–C) groups is 1.